The third-order valence-corrected chi connectivity index (χ3v) is 2.70. The minimum absolute atomic E-state index is 0.461. The first-order valence-electron chi connectivity index (χ1n) is 5.17. The van der Waals surface area contributed by atoms with E-state index in [1.807, 2.05) is 7.05 Å². The van der Waals surface area contributed by atoms with Crippen molar-refractivity contribution in [3.8, 4) is 0 Å². The van der Waals surface area contributed by atoms with Crippen molar-refractivity contribution in [1.29, 1.82) is 0 Å². The molecule has 2 atom stereocenters. The molecule has 0 unspecified atom stereocenters. The highest BCUT2D eigenvalue weighted by atomic mass is 16.5. The van der Waals surface area contributed by atoms with E-state index >= 15 is 0 Å². The summed E-state index contributed by atoms with van der Waals surface area (Å²) in [4.78, 5) is 0. The minimum atomic E-state index is 0.461. The molecule has 0 aromatic rings. The molecular weight excluding hydrogens is 150 g/mol. The van der Waals surface area contributed by atoms with Crippen LogP contribution in [0.15, 0.2) is 0 Å². The summed E-state index contributed by atoms with van der Waals surface area (Å²) in [5, 5.41) is 3.35. The number of ether oxygens (including phenoxy) is 1. The summed E-state index contributed by atoms with van der Waals surface area (Å²) in [6.07, 6.45) is 7.04. The van der Waals surface area contributed by atoms with Crippen LogP contribution in [0.25, 0.3) is 0 Å². The Balaban J connectivity index is 2.39. The van der Waals surface area contributed by atoms with E-state index < -0.39 is 0 Å². The van der Waals surface area contributed by atoms with Crippen LogP contribution in [0.5, 0.6) is 0 Å². The molecule has 1 aliphatic carbocycles. The quantitative estimate of drug-likeness (QED) is 0.655. The van der Waals surface area contributed by atoms with Gasteiger partial charge >= 0.3 is 0 Å². The Morgan fingerprint density at radius 1 is 1.25 bits per heavy atom. The average Bonchev–Trinajstić information content (AvgIpc) is 2.30. The molecular formula is C10H21NO. The van der Waals surface area contributed by atoms with E-state index in [-0.39, 0.29) is 0 Å². The number of nitrogens with one attached hydrogen (secondary N) is 1. The Morgan fingerprint density at radius 2 is 2.00 bits per heavy atom. The molecule has 0 heterocycles. The topological polar surface area (TPSA) is 21.3 Å². The highest BCUT2D eigenvalue weighted by Gasteiger charge is 2.21. The Hall–Kier alpha value is -0.0800. The fraction of sp³-hybridized carbons (Fsp3) is 1.00. The van der Waals surface area contributed by atoms with Crippen LogP contribution >= 0.6 is 0 Å². The van der Waals surface area contributed by atoms with Crippen molar-refractivity contribution in [2.75, 3.05) is 13.7 Å². The first-order chi connectivity index (χ1) is 5.88. The van der Waals surface area contributed by atoms with Gasteiger partial charge in [0.2, 0.25) is 0 Å². The largest absolute Gasteiger partial charge is 0.377 e. The van der Waals surface area contributed by atoms with Crippen LogP contribution in [0.2, 0.25) is 0 Å². The van der Waals surface area contributed by atoms with Gasteiger partial charge in [-0.25, -0.2) is 0 Å². The predicted molar refractivity (Wildman–Crippen MR) is 51.3 cm³/mol. The lowest BCUT2D eigenvalue weighted by molar-refractivity contribution is 0.0321. The van der Waals surface area contributed by atoms with Crippen molar-refractivity contribution < 1.29 is 4.74 Å². The van der Waals surface area contributed by atoms with Crippen LogP contribution in [0.3, 0.4) is 0 Å². The summed E-state index contributed by atoms with van der Waals surface area (Å²) in [6.45, 7) is 2.93. The van der Waals surface area contributed by atoms with Gasteiger partial charge in [-0.2, -0.15) is 0 Å². The van der Waals surface area contributed by atoms with E-state index in [1.165, 1.54) is 32.1 Å². The zero-order valence-corrected chi connectivity index (χ0v) is 8.31. The number of hydrogen-bond acceptors (Lipinski definition) is 2. The summed E-state index contributed by atoms with van der Waals surface area (Å²) in [7, 11) is 2.04. The molecule has 0 spiro atoms. The first kappa shape index (κ1) is 10.0. The summed E-state index contributed by atoms with van der Waals surface area (Å²) >= 11 is 0. The van der Waals surface area contributed by atoms with Gasteiger partial charge in [0.15, 0.2) is 0 Å². The molecule has 0 aromatic carbocycles. The molecule has 0 aliphatic heterocycles. The van der Waals surface area contributed by atoms with Gasteiger partial charge in [-0.1, -0.05) is 19.3 Å². The van der Waals surface area contributed by atoms with Gasteiger partial charge in [0.1, 0.15) is 0 Å². The summed E-state index contributed by atoms with van der Waals surface area (Å²) < 4.78 is 5.70. The Bertz CT molecular complexity index is 116. The lowest BCUT2D eigenvalue weighted by Crippen LogP contribution is -2.38. The lowest BCUT2D eigenvalue weighted by atomic mass is 10.1. The van der Waals surface area contributed by atoms with Gasteiger partial charge in [-0.3, -0.25) is 0 Å². The maximum absolute atomic E-state index is 5.70. The van der Waals surface area contributed by atoms with Crippen LogP contribution in [-0.2, 0) is 4.74 Å². The zero-order valence-electron chi connectivity index (χ0n) is 8.31. The molecule has 1 rings (SSSR count). The molecule has 12 heavy (non-hydrogen) atoms. The van der Waals surface area contributed by atoms with E-state index in [0.717, 1.165) is 6.61 Å². The van der Waals surface area contributed by atoms with Gasteiger partial charge in [0, 0.05) is 12.6 Å². The van der Waals surface area contributed by atoms with Crippen molar-refractivity contribution in [3.05, 3.63) is 0 Å². The van der Waals surface area contributed by atoms with E-state index in [4.69, 9.17) is 4.74 Å². The van der Waals surface area contributed by atoms with Crippen LogP contribution in [-0.4, -0.2) is 25.8 Å². The molecule has 0 aromatic heterocycles. The monoisotopic (exact) mass is 171 g/mol. The van der Waals surface area contributed by atoms with Gasteiger partial charge in [-0.15, -0.1) is 0 Å². The van der Waals surface area contributed by atoms with E-state index in [2.05, 4.69) is 12.2 Å². The second kappa shape index (κ2) is 5.55. The van der Waals surface area contributed by atoms with E-state index in [0.29, 0.717) is 12.1 Å². The molecule has 1 aliphatic rings. The molecule has 72 valence electrons. The maximum atomic E-state index is 5.70. The number of hydrogen-bond donors (Lipinski definition) is 1. The normalized spacial score (nSPS) is 31.5. The fourth-order valence-electron chi connectivity index (χ4n) is 2.02. The minimum Gasteiger partial charge on any atom is -0.377 e. The standard InChI is InChI=1S/C10H21NO/c1-3-12-10-8-6-4-5-7-9(10)11-2/h9-11H,3-8H2,1-2H3/t9-,10+/m1/s1. The molecule has 1 fully saturated rings. The number of likely N-dealkylation sites (N-methyl/N-ethyl adjacent to an activating group) is 1. The SMILES string of the molecule is CCO[C@H]1CCCCC[C@H]1NC. The zero-order chi connectivity index (χ0) is 8.81. The van der Waals surface area contributed by atoms with Crippen LogP contribution < -0.4 is 5.32 Å². The highest BCUT2D eigenvalue weighted by molar-refractivity contribution is 4.78. The average molecular weight is 171 g/mol. The molecule has 0 radical (unpaired) electrons. The number of rotatable bonds is 3. The molecule has 0 amide bonds. The first-order valence-corrected chi connectivity index (χ1v) is 5.17. The fourth-order valence-corrected chi connectivity index (χ4v) is 2.02. The smallest absolute Gasteiger partial charge is 0.0727 e. The maximum Gasteiger partial charge on any atom is 0.0727 e. The van der Waals surface area contributed by atoms with Crippen LogP contribution in [0.1, 0.15) is 39.0 Å². The van der Waals surface area contributed by atoms with Crippen LogP contribution in [0.4, 0.5) is 0 Å². The molecule has 2 heteroatoms. The predicted octanol–water partition coefficient (Wildman–Crippen LogP) is 1.94. The van der Waals surface area contributed by atoms with Gasteiger partial charge in [-0.05, 0) is 26.8 Å². The molecule has 1 saturated carbocycles. The van der Waals surface area contributed by atoms with Gasteiger partial charge in [0.05, 0.1) is 6.10 Å². The van der Waals surface area contributed by atoms with E-state index in [1.54, 1.807) is 0 Å². The Kier molecular flexibility index (Phi) is 4.62. The summed E-state index contributed by atoms with van der Waals surface area (Å²) in [5.74, 6) is 0. The van der Waals surface area contributed by atoms with Crippen molar-refractivity contribution in [1.82, 2.24) is 5.32 Å². The van der Waals surface area contributed by atoms with Crippen molar-refractivity contribution >= 4 is 0 Å². The van der Waals surface area contributed by atoms with Crippen molar-refractivity contribution in [2.45, 2.75) is 51.2 Å². The second-order valence-electron chi connectivity index (χ2n) is 3.53. The summed E-state index contributed by atoms with van der Waals surface area (Å²) in [5.41, 5.74) is 0. The van der Waals surface area contributed by atoms with E-state index in [9.17, 15) is 0 Å². The molecule has 1 N–H and O–H groups in total. The Morgan fingerprint density at radius 3 is 2.67 bits per heavy atom. The highest BCUT2D eigenvalue weighted by Crippen LogP contribution is 2.20. The van der Waals surface area contributed by atoms with Gasteiger partial charge in [0.25, 0.3) is 0 Å². The van der Waals surface area contributed by atoms with Crippen molar-refractivity contribution in [2.24, 2.45) is 0 Å². The third-order valence-electron chi connectivity index (χ3n) is 2.70. The Labute approximate surface area is 75.7 Å². The third kappa shape index (κ3) is 2.76. The van der Waals surface area contributed by atoms with Crippen molar-refractivity contribution in [3.63, 3.8) is 0 Å². The molecule has 0 bridgehead atoms. The molecule has 2 nitrogen and oxygen atoms in total. The second-order valence-corrected chi connectivity index (χ2v) is 3.53. The lowest BCUT2D eigenvalue weighted by Gasteiger charge is -2.24. The van der Waals surface area contributed by atoms with Gasteiger partial charge < -0.3 is 10.1 Å². The molecule has 0 saturated heterocycles. The summed E-state index contributed by atoms with van der Waals surface area (Å²) in [6, 6.07) is 0.590. The van der Waals surface area contributed by atoms with Crippen LogP contribution in [0, 0.1) is 0 Å².